The van der Waals surface area contributed by atoms with Gasteiger partial charge in [-0.2, -0.15) is 0 Å². The molecule has 3 amide bonds. The second-order valence-electron chi connectivity index (χ2n) is 4.91. The summed E-state index contributed by atoms with van der Waals surface area (Å²) >= 11 is 0. The maximum Gasteiger partial charge on any atom is 0.335 e. The van der Waals surface area contributed by atoms with Gasteiger partial charge in [0, 0.05) is 6.20 Å². The molecule has 114 valence electrons. The number of hydrogen-bond donors (Lipinski definition) is 4. The number of carbonyl (C=O) groups excluding carboxylic acids is 2. The zero-order chi connectivity index (χ0) is 16.0. The molecule has 1 aromatic rings. The van der Waals surface area contributed by atoms with Gasteiger partial charge in [0.1, 0.15) is 11.9 Å². The number of nitrogens with one attached hydrogen (secondary N) is 2. The van der Waals surface area contributed by atoms with Gasteiger partial charge in [0.2, 0.25) is 5.91 Å². The van der Waals surface area contributed by atoms with Crippen molar-refractivity contribution in [3.63, 3.8) is 0 Å². The summed E-state index contributed by atoms with van der Waals surface area (Å²) < 4.78 is 0. The lowest BCUT2D eigenvalue weighted by molar-refractivity contribution is -0.118. The molecule has 0 fully saturated rings. The van der Waals surface area contributed by atoms with Gasteiger partial charge < -0.3 is 21.5 Å². The minimum Gasteiger partial charge on any atom is -0.478 e. The summed E-state index contributed by atoms with van der Waals surface area (Å²) in [6, 6.07) is 0.933. The summed E-state index contributed by atoms with van der Waals surface area (Å²) in [7, 11) is 0. The van der Waals surface area contributed by atoms with Gasteiger partial charge in [-0.05, 0) is 24.5 Å². The van der Waals surface area contributed by atoms with Gasteiger partial charge in [0.15, 0.2) is 0 Å². The monoisotopic (exact) mass is 294 g/mol. The van der Waals surface area contributed by atoms with E-state index in [2.05, 4.69) is 15.6 Å². The number of amides is 3. The smallest absolute Gasteiger partial charge is 0.335 e. The summed E-state index contributed by atoms with van der Waals surface area (Å²) in [5, 5.41) is 13.7. The number of urea groups is 1. The number of anilines is 1. The first-order chi connectivity index (χ1) is 9.79. The minimum absolute atomic E-state index is 0.00331. The van der Waals surface area contributed by atoms with E-state index in [9.17, 15) is 14.4 Å². The van der Waals surface area contributed by atoms with Crippen molar-refractivity contribution in [2.45, 2.75) is 26.3 Å². The Balaban J connectivity index is 2.82. The number of rotatable bonds is 6. The lowest BCUT2D eigenvalue weighted by atomic mass is 10.0. The molecule has 0 spiro atoms. The number of primary amides is 1. The number of carbonyl (C=O) groups is 3. The van der Waals surface area contributed by atoms with Crippen LogP contribution >= 0.6 is 0 Å². The number of carboxylic acids is 1. The highest BCUT2D eigenvalue weighted by Crippen LogP contribution is 2.10. The van der Waals surface area contributed by atoms with E-state index in [-0.39, 0.29) is 17.3 Å². The number of hydrogen-bond acceptors (Lipinski definition) is 4. The van der Waals surface area contributed by atoms with E-state index < -0.39 is 23.9 Å². The first-order valence-corrected chi connectivity index (χ1v) is 6.35. The molecule has 5 N–H and O–H groups in total. The van der Waals surface area contributed by atoms with E-state index >= 15 is 0 Å². The molecule has 0 radical (unpaired) electrons. The summed E-state index contributed by atoms with van der Waals surface area (Å²) in [6.45, 7) is 3.79. The Morgan fingerprint density at radius 2 is 2.05 bits per heavy atom. The topological polar surface area (TPSA) is 134 Å². The van der Waals surface area contributed by atoms with E-state index in [1.165, 1.54) is 18.3 Å². The molecule has 0 aliphatic rings. The molecule has 0 aliphatic heterocycles. The fraction of sp³-hybridized carbons (Fsp3) is 0.385. The molecule has 0 aliphatic carbocycles. The molecule has 8 heteroatoms. The standard InChI is InChI=1S/C13H18N4O4/c1-7(2)5-9(16-13(14)21)11(18)17-10-6-8(12(19)20)3-4-15-10/h3-4,6-7,9H,5H2,1-2H3,(H,19,20)(H3,14,16,21)(H,15,17,18). The number of carboxylic acid groups (broad SMARTS) is 1. The number of aromatic nitrogens is 1. The second kappa shape index (κ2) is 7.22. The van der Waals surface area contributed by atoms with E-state index in [4.69, 9.17) is 10.8 Å². The van der Waals surface area contributed by atoms with Gasteiger partial charge in [0.05, 0.1) is 5.56 Å². The average Bonchev–Trinajstić information content (AvgIpc) is 2.37. The molecule has 1 unspecified atom stereocenters. The molecule has 0 bridgehead atoms. The number of aromatic carboxylic acids is 1. The first-order valence-electron chi connectivity index (χ1n) is 6.35. The molecule has 1 heterocycles. The summed E-state index contributed by atoms with van der Waals surface area (Å²) in [5.41, 5.74) is 5.04. The van der Waals surface area contributed by atoms with E-state index in [1.54, 1.807) is 0 Å². The van der Waals surface area contributed by atoms with Crippen LogP contribution in [-0.2, 0) is 4.79 Å². The molecule has 0 saturated carbocycles. The zero-order valence-electron chi connectivity index (χ0n) is 11.8. The molecular formula is C13H18N4O4. The largest absolute Gasteiger partial charge is 0.478 e. The Hall–Kier alpha value is -2.64. The highest BCUT2D eigenvalue weighted by molar-refractivity contribution is 5.97. The van der Waals surface area contributed by atoms with Crippen molar-refractivity contribution in [3.05, 3.63) is 23.9 Å². The SMILES string of the molecule is CC(C)CC(NC(N)=O)C(=O)Nc1cc(C(=O)O)ccn1. The lowest BCUT2D eigenvalue weighted by Gasteiger charge is -2.18. The van der Waals surface area contributed by atoms with Crippen LogP contribution in [0.1, 0.15) is 30.6 Å². The Labute approximate surface area is 121 Å². The Bertz CT molecular complexity index is 545. The van der Waals surface area contributed by atoms with Gasteiger partial charge >= 0.3 is 12.0 Å². The average molecular weight is 294 g/mol. The summed E-state index contributed by atoms with van der Waals surface area (Å²) in [4.78, 5) is 37.7. The Morgan fingerprint density at radius 3 is 2.57 bits per heavy atom. The van der Waals surface area contributed by atoms with Crippen LogP contribution in [0.15, 0.2) is 18.3 Å². The van der Waals surface area contributed by atoms with Crippen molar-refractivity contribution in [3.8, 4) is 0 Å². The highest BCUT2D eigenvalue weighted by atomic mass is 16.4. The number of pyridine rings is 1. The van der Waals surface area contributed by atoms with Crippen LogP contribution in [0.4, 0.5) is 10.6 Å². The van der Waals surface area contributed by atoms with Crippen LogP contribution in [0.5, 0.6) is 0 Å². The normalized spacial score (nSPS) is 11.8. The van der Waals surface area contributed by atoms with Crippen LogP contribution in [0.25, 0.3) is 0 Å². The van der Waals surface area contributed by atoms with Gasteiger partial charge in [0.25, 0.3) is 0 Å². The fourth-order valence-corrected chi connectivity index (χ4v) is 1.72. The molecule has 1 rings (SSSR count). The van der Waals surface area contributed by atoms with Crippen molar-refractivity contribution in [2.75, 3.05) is 5.32 Å². The van der Waals surface area contributed by atoms with Crippen molar-refractivity contribution in [1.82, 2.24) is 10.3 Å². The van der Waals surface area contributed by atoms with Crippen molar-refractivity contribution in [2.24, 2.45) is 11.7 Å². The first kappa shape index (κ1) is 16.4. The summed E-state index contributed by atoms with van der Waals surface area (Å²) in [6.07, 6.45) is 1.67. The fourth-order valence-electron chi connectivity index (χ4n) is 1.72. The van der Waals surface area contributed by atoms with Crippen LogP contribution in [0.2, 0.25) is 0 Å². The maximum absolute atomic E-state index is 12.1. The maximum atomic E-state index is 12.1. The van der Waals surface area contributed by atoms with Crippen molar-refractivity contribution in [1.29, 1.82) is 0 Å². The summed E-state index contributed by atoms with van der Waals surface area (Å²) in [5.74, 6) is -1.37. The highest BCUT2D eigenvalue weighted by Gasteiger charge is 2.21. The van der Waals surface area contributed by atoms with Crippen LogP contribution < -0.4 is 16.4 Å². The third kappa shape index (κ3) is 5.47. The third-order valence-corrected chi connectivity index (χ3v) is 2.60. The number of nitrogens with zero attached hydrogens (tertiary/aromatic N) is 1. The zero-order valence-corrected chi connectivity index (χ0v) is 11.8. The lowest BCUT2D eigenvalue weighted by Crippen LogP contribution is -2.46. The third-order valence-electron chi connectivity index (χ3n) is 2.60. The van der Waals surface area contributed by atoms with Gasteiger partial charge in [-0.25, -0.2) is 14.6 Å². The Kier molecular flexibility index (Phi) is 5.65. The van der Waals surface area contributed by atoms with E-state index in [0.29, 0.717) is 6.42 Å². The molecule has 8 nitrogen and oxygen atoms in total. The van der Waals surface area contributed by atoms with Gasteiger partial charge in [-0.3, -0.25) is 4.79 Å². The molecule has 21 heavy (non-hydrogen) atoms. The minimum atomic E-state index is -1.12. The quantitative estimate of drug-likeness (QED) is 0.615. The molecule has 0 saturated heterocycles. The molecule has 1 aromatic heterocycles. The number of nitrogens with two attached hydrogens (primary N) is 1. The molecule has 0 aromatic carbocycles. The van der Waals surface area contributed by atoms with Crippen molar-refractivity contribution < 1.29 is 19.5 Å². The predicted molar refractivity (Wildman–Crippen MR) is 75.8 cm³/mol. The van der Waals surface area contributed by atoms with E-state index in [0.717, 1.165) is 0 Å². The van der Waals surface area contributed by atoms with Crippen LogP contribution in [0, 0.1) is 5.92 Å². The van der Waals surface area contributed by atoms with Gasteiger partial charge in [-0.1, -0.05) is 13.8 Å². The van der Waals surface area contributed by atoms with Crippen molar-refractivity contribution >= 4 is 23.7 Å². The second-order valence-corrected chi connectivity index (χ2v) is 4.91. The Morgan fingerprint density at radius 1 is 1.38 bits per heavy atom. The molecule has 1 atom stereocenters. The van der Waals surface area contributed by atoms with Crippen LogP contribution in [0.3, 0.4) is 0 Å². The van der Waals surface area contributed by atoms with Gasteiger partial charge in [-0.15, -0.1) is 0 Å². The molecular weight excluding hydrogens is 276 g/mol. The van der Waals surface area contributed by atoms with E-state index in [1.807, 2.05) is 13.8 Å². The predicted octanol–water partition coefficient (Wildman–Crippen LogP) is 0.801. The van der Waals surface area contributed by atoms with Crippen LogP contribution in [-0.4, -0.2) is 34.0 Å².